The molecule has 0 fully saturated rings. The van der Waals surface area contributed by atoms with E-state index in [-0.39, 0.29) is 11.2 Å². The topological polar surface area (TPSA) is 29.1 Å². The number of rotatable bonds is 4. The number of aryl methyl sites for hydroxylation is 1. The molecule has 2 aromatic carbocycles. The molecule has 1 unspecified atom stereocenters. The van der Waals surface area contributed by atoms with E-state index in [2.05, 4.69) is 21.2 Å². The van der Waals surface area contributed by atoms with Crippen molar-refractivity contribution in [2.24, 2.45) is 0 Å². The van der Waals surface area contributed by atoms with Crippen molar-refractivity contribution in [2.45, 2.75) is 24.0 Å². The van der Waals surface area contributed by atoms with Gasteiger partial charge in [-0.05, 0) is 50.2 Å². The van der Waals surface area contributed by atoms with Gasteiger partial charge in [-0.3, -0.25) is 4.79 Å². The Morgan fingerprint density at radius 3 is 2.30 bits per heavy atom. The SMILES string of the molecule is Cc1ccc(NC(=O)C(C)Sc2ccc(Br)cc2)cc1. The van der Waals surface area contributed by atoms with Crippen molar-refractivity contribution in [3.8, 4) is 0 Å². The number of benzene rings is 2. The second-order valence-corrected chi connectivity index (χ2v) is 6.90. The summed E-state index contributed by atoms with van der Waals surface area (Å²) in [5, 5.41) is 2.79. The maximum Gasteiger partial charge on any atom is 0.237 e. The molecule has 20 heavy (non-hydrogen) atoms. The van der Waals surface area contributed by atoms with E-state index < -0.39 is 0 Å². The second kappa shape index (κ2) is 6.95. The molecule has 2 aromatic rings. The summed E-state index contributed by atoms with van der Waals surface area (Å²) in [6.45, 7) is 3.94. The molecule has 1 amide bonds. The summed E-state index contributed by atoms with van der Waals surface area (Å²) in [4.78, 5) is 13.2. The highest BCUT2D eigenvalue weighted by Crippen LogP contribution is 2.25. The van der Waals surface area contributed by atoms with Crippen LogP contribution in [0.15, 0.2) is 57.9 Å². The third kappa shape index (κ3) is 4.39. The van der Waals surface area contributed by atoms with Gasteiger partial charge in [0.2, 0.25) is 5.91 Å². The third-order valence-electron chi connectivity index (χ3n) is 2.81. The molecule has 0 aliphatic rings. The summed E-state index contributed by atoms with van der Waals surface area (Å²) in [5.41, 5.74) is 2.02. The lowest BCUT2D eigenvalue weighted by molar-refractivity contribution is -0.115. The lowest BCUT2D eigenvalue weighted by Crippen LogP contribution is -2.22. The van der Waals surface area contributed by atoms with Crippen molar-refractivity contribution < 1.29 is 4.79 Å². The fourth-order valence-corrected chi connectivity index (χ4v) is 2.78. The van der Waals surface area contributed by atoms with Crippen LogP contribution in [0.3, 0.4) is 0 Å². The monoisotopic (exact) mass is 349 g/mol. The highest BCUT2D eigenvalue weighted by atomic mass is 79.9. The van der Waals surface area contributed by atoms with Crippen LogP contribution in [0.25, 0.3) is 0 Å². The smallest absolute Gasteiger partial charge is 0.237 e. The molecular formula is C16H16BrNOS. The number of amides is 1. The first-order valence-electron chi connectivity index (χ1n) is 6.34. The minimum absolute atomic E-state index is 0.0155. The number of hydrogen-bond donors (Lipinski definition) is 1. The van der Waals surface area contributed by atoms with E-state index in [1.54, 1.807) is 11.8 Å². The van der Waals surface area contributed by atoms with Crippen molar-refractivity contribution in [3.63, 3.8) is 0 Å². The van der Waals surface area contributed by atoms with E-state index in [0.29, 0.717) is 0 Å². The average molecular weight is 350 g/mol. The van der Waals surface area contributed by atoms with Crippen LogP contribution in [-0.4, -0.2) is 11.2 Å². The Morgan fingerprint density at radius 2 is 1.70 bits per heavy atom. The van der Waals surface area contributed by atoms with E-state index in [4.69, 9.17) is 0 Å². The summed E-state index contributed by atoms with van der Waals surface area (Å²) in [6.07, 6.45) is 0. The van der Waals surface area contributed by atoms with Crippen LogP contribution in [0.4, 0.5) is 5.69 Å². The normalized spacial score (nSPS) is 11.9. The van der Waals surface area contributed by atoms with Crippen molar-refractivity contribution in [1.29, 1.82) is 0 Å². The second-order valence-electron chi connectivity index (χ2n) is 4.57. The van der Waals surface area contributed by atoms with Crippen molar-refractivity contribution in [1.82, 2.24) is 0 Å². The number of halogens is 1. The Labute approximate surface area is 132 Å². The van der Waals surface area contributed by atoms with Gasteiger partial charge in [-0.1, -0.05) is 33.6 Å². The molecule has 0 saturated heterocycles. The van der Waals surface area contributed by atoms with Crippen LogP contribution < -0.4 is 5.32 Å². The maximum absolute atomic E-state index is 12.1. The number of thioether (sulfide) groups is 1. The zero-order chi connectivity index (χ0) is 14.5. The van der Waals surface area contributed by atoms with E-state index in [0.717, 1.165) is 15.1 Å². The van der Waals surface area contributed by atoms with Gasteiger partial charge in [0.05, 0.1) is 5.25 Å². The number of anilines is 1. The van der Waals surface area contributed by atoms with Crippen molar-refractivity contribution >= 4 is 39.3 Å². The van der Waals surface area contributed by atoms with Gasteiger partial charge in [0.1, 0.15) is 0 Å². The average Bonchev–Trinajstić information content (AvgIpc) is 2.44. The quantitative estimate of drug-likeness (QED) is 0.797. The van der Waals surface area contributed by atoms with Crippen LogP contribution in [0, 0.1) is 6.92 Å². The van der Waals surface area contributed by atoms with Gasteiger partial charge in [-0.25, -0.2) is 0 Å². The molecule has 0 spiro atoms. The Kier molecular flexibility index (Phi) is 5.26. The minimum atomic E-state index is -0.141. The molecule has 0 aromatic heterocycles. The third-order valence-corrected chi connectivity index (χ3v) is 4.46. The van der Waals surface area contributed by atoms with E-state index in [9.17, 15) is 4.79 Å². The van der Waals surface area contributed by atoms with Gasteiger partial charge in [0.25, 0.3) is 0 Å². The summed E-state index contributed by atoms with van der Waals surface area (Å²) >= 11 is 4.95. The van der Waals surface area contributed by atoms with E-state index >= 15 is 0 Å². The Bertz CT molecular complexity index is 580. The van der Waals surface area contributed by atoms with Gasteiger partial charge in [0.15, 0.2) is 0 Å². The molecule has 0 aliphatic carbocycles. The zero-order valence-electron chi connectivity index (χ0n) is 11.4. The highest BCUT2D eigenvalue weighted by molar-refractivity contribution is 9.10. The highest BCUT2D eigenvalue weighted by Gasteiger charge is 2.14. The summed E-state index contributed by atoms with van der Waals surface area (Å²) < 4.78 is 1.04. The Hall–Kier alpha value is -1.26. The predicted molar refractivity (Wildman–Crippen MR) is 89.3 cm³/mol. The minimum Gasteiger partial charge on any atom is -0.325 e. The van der Waals surface area contributed by atoms with Gasteiger partial charge in [0, 0.05) is 15.1 Å². The summed E-state index contributed by atoms with van der Waals surface area (Å²) in [7, 11) is 0. The molecule has 0 radical (unpaired) electrons. The summed E-state index contributed by atoms with van der Waals surface area (Å²) in [6, 6.07) is 15.8. The van der Waals surface area contributed by atoms with Crippen LogP contribution in [0.1, 0.15) is 12.5 Å². The molecule has 1 atom stereocenters. The molecule has 0 bridgehead atoms. The zero-order valence-corrected chi connectivity index (χ0v) is 13.8. The Balaban J connectivity index is 1.94. The predicted octanol–water partition coefficient (Wildman–Crippen LogP) is 4.88. The molecule has 0 heterocycles. The molecule has 4 heteroatoms. The van der Waals surface area contributed by atoms with E-state index in [1.165, 1.54) is 5.56 Å². The van der Waals surface area contributed by atoms with Gasteiger partial charge in [-0.15, -0.1) is 11.8 Å². The molecule has 104 valence electrons. The lowest BCUT2D eigenvalue weighted by atomic mass is 10.2. The van der Waals surface area contributed by atoms with Crippen molar-refractivity contribution in [2.75, 3.05) is 5.32 Å². The maximum atomic E-state index is 12.1. The lowest BCUT2D eigenvalue weighted by Gasteiger charge is -2.12. The molecule has 0 saturated carbocycles. The first-order valence-corrected chi connectivity index (χ1v) is 8.01. The molecule has 1 N–H and O–H groups in total. The first-order chi connectivity index (χ1) is 9.54. The van der Waals surface area contributed by atoms with Crippen molar-refractivity contribution in [3.05, 3.63) is 58.6 Å². The van der Waals surface area contributed by atoms with Crippen LogP contribution in [-0.2, 0) is 4.79 Å². The fraction of sp³-hybridized carbons (Fsp3) is 0.188. The summed E-state index contributed by atoms with van der Waals surface area (Å²) in [5.74, 6) is 0.0155. The van der Waals surface area contributed by atoms with Gasteiger partial charge in [-0.2, -0.15) is 0 Å². The van der Waals surface area contributed by atoms with Gasteiger partial charge >= 0.3 is 0 Å². The molecule has 0 aliphatic heterocycles. The molecule has 2 nitrogen and oxygen atoms in total. The molecule has 2 rings (SSSR count). The van der Waals surface area contributed by atoms with Crippen LogP contribution in [0.5, 0.6) is 0 Å². The van der Waals surface area contributed by atoms with Gasteiger partial charge < -0.3 is 5.32 Å². The number of carbonyl (C=O) groups excluding carboxylic acids is 1. The molecular weight excluding hydrogens is 334 g/mol. The van der Waals surface area contributed by atoms with Crippen LogP contribution >= 0.6 is 27.7 Å². The van der Waals surface area contributed by atoms with Crippen LogP contribution in [0.2, 0.25) is 0 Å². The largest absolute Gasteiger partial charge is 0.325 e. The number of carbonyl (C=O) groups is 1. The van der Waals surface area contributed by atoms with E-state index in [1.807, 2.05) is 62.4 Å². The standard InChI is InChI=1S/C16H16BrNOS/c1-11-3-7-14(8-4-11)18-16(19)12(2)20-15-9-5-13(17)6-10-15/h3-10,12H,1-2H3,(H,18,19). The first kappa shape index (κ1) is 15.1. The fourth-order valence-electron chi connectivity index (χ4n) is 1.65. The number of nitrogens with one attached hydrogen (secondary N) is 1. The number of hydrogen-bond acceptors (Lipinski definition) is 2. The Morgan fingerprint density at radius 1 is 1.10 bits per heavy atom.